The zero-order valence-electron chi connectivity index (χ0n) is 13.1. The molecule has 22 heavy (non-hydrogen) atoms. The zero-order valence-corrected chi connectivity index (χ0v) is 13.9. The molecule has 4 unspecified atom stereocenters. The van der Waals surface area contributed by atoms with E-state index in [-0.39, 0.29) is 29.6 Å². The molecule has 3 aliphatic rings. The summed E-state index contributed by atoms with van der Waals surface area (Å²) >= 11 is 0. The minimum absolute atomic E-state index is 0. The van der Waals surface area contributed by atoms with Crippen LogP contribution in [-0.4, -0.2) is 24.5 Å². The van der Waals surface area contributed by atoms with Crippen molar-refractivity contribution in [3.05, 3.63) is 35.4 Å². The van der Waals surface area contributed by atoms with Crippen LogP contribution in [0.2, 0.25) is 0 Å². The van der Waals surface area contributed by atoms with Crippen LogP contribution in [0.25, 0.3) is 0 Å². The quantitative estimate of drug-likeness (QED) is 0.879. The van der Waals surface area contributed by atoms with Gasteiger partial charge >= 0.3 is 0 Å². The summed E-state index contributed by atoms with van der Waals surface area (Å²) in [6.45, 7) is 3.26. The topological polar surface area (TPSA) is 41.1 Å². The average Bonchev–Trinajstić information content (AvgIpc) is 3.12. The number of halogens is 1. The fourth-order valence-electron chi connectivity index (χ4n) is 4.46. The molecule has 2 N–H and O–H groups in total. The number of carbonyl (C=O) groups excluding carboxylic acids is 1. The Hall–Kier alpha value is -1.06. The number of hydrogen-bond acceptors (Lipinski definition) is 2. The molecule has 1 aliphatic heterocycles. The molecule has 1 spiro atoms. The Balaban J connectivity index is 0.00000144. The average molecular weight is 321 g/mol. The first-order valence-electron chi connectivity index (χ1n) is 8.33. The first-order chi connectivity index (χ1) is 10.2. The summed E-state index contributed by atoms with van der Waals surface area (Å²) in [5.41, 5.74) is 3.08. The predicted molar refractivity (Wildman–Crippen MR) is 90.4 cm³/mol. The molecule has 1 aromatic rings. The third-order valence-corrected chi connectivity index (χ3v) is 5.88. The lowest BCUT2D eigenvalue weighted by Gasteiger charge is -2.31. The van der Waals surface area contributed by atoms with Crippen molar-refractivity contribution in [3.63, 3.8) is 0 Å². The number of fused-ring (bicyclic) bond motifs is 2. The van der Waals surface area contributed by atoms with Crippen molar-refractivity contribution in [1.82, 2.24) is 10.6 Å². The number of benzene rings is 1. The number of amides is 1. The van der Waals surface area contributed by atoms with Crippen LogP contribution in [0, 0.1) is 5.92 Å². The van der Waals surface area contributed by atoms with Gasteiger partial charge in [0.1, 0.15) is 0 Å². The van der Waals surface area contributed by atoms with Gasteiger partial charge in [0.25, 0.3) is 0 Å². The molecule has 120 valence electrons. The molecule has 3 nitrogen and oxygen atoms in total. The molecule has 1 amide bonds. The first-order valence-corrected chi connectivity index (χ1v) is 8.33. The van der Waals surface area contributed by atoms with Crippen molar-refractivity contribution in [3.8, 4) is 0 Å². The Kier molecular flexibility index (Phi) is 4.21. The number of carbonyl (C=O) groups is 1. The maximum atomic E-state index is 12.7. The summed E-state index contributed by atoms with van der Waals surface area (Å²) < 4.78 is 0. The molecule has 1 saturated carbocycles. The molecule has 0 bridgehead atoms. The van der Waals surface area contributed by atoms with Crippen LogP contribution in [0.4, 0.5) is 0 Å². The highest BCUT2D eigenvalue weighted by Gasteiger charge is 2.61. The SMILES string of the molecule is CC1NCCCC1NC(=O)C1CC12CCc1ccccc12.Cl. The van der Waals surface area contributed by atoms with E-state index in [1.807, 2.05) is 0 Å². The van der Waals surface area contributed by atoms with Gasteiger partial charge in [0.15, 0.2) is 0 Å². The summed E-state index contributed by atoms with van der Waals surface area (Å²) in [5, 5.41) is 6.77. The van der Waals surface area contributed by atoms with E-state index in [0.29, 0.717) is 12.1 Å². The molecular formula is C18H25ClN2O. The number of piperidine rings is 1. The van der Waals surface area contributed by atoms with Crippen LogP contribution in [0.15, 0.2) is 24.3 Å². The van der Waals surface area contributed by atoms with E-state index < -0.39 is 0 Å². The summed E-state index contributed by atoms with van der Waals surface area (Å²) in [4.78, 5) is 12.7. The van der Waals surface area contributed by atoms with E-state index in [0.717, 1.165) is 38.6 Å². The van der Waals surface area contributed by atoms with Gasteiger partial charge in [0, 0.05) is 23.4 Å². The molecule has 2 fully saturated rings. The van der Waals surface area contributed by atoms with Gasteiger partial charge in [0.2, 0.25) is 5.91 Å². The Bertz CT molecular complexity index is 576. The lowest BCUT2D eigenvalue weighted by Crippen LogP contribution is -2.52. The van der Waals surface area contributed by atoms with Gasteiger partial charge in [-0.2, -0.15) is 0 Å². The minimum atomic E-state index is 0. The Morgan fingerprint density at radius 1 is 1.36 bits per heavy atom. The summed E-state index contributed by atoms with van der Waals surface area (Å²) in [6, 6.07) is 9.40. The third-order valence-electron chi connectivity index (χ3n) is 5.88. The second kappa shape index (κ2) is 5.86. The molecule has 1 aromatic carbocycles. The molecule has 4 atom stereocenters. The van der Waals surface area contributed by atoms with Gasteiger partial charge in [-0.25, -0.2) is 0 Å². The van der Waals surface area contributed by atoms with Gasteiger partial charge in [-0.3, -0.25) is 4.79 Å². The molecule has 0 radical (unpaired) electrons. The molecular weight excluding hydrogens is 296 g/mol. The van der Waals surface area contributed by atoms with Gasteiger partial charge in [-0.05, 0) is 56.7 Å². The Morgan fingerprint density at radius 3 is 3.00 bits per heavy atom. The maximum Gasteiger partial charge on any atom is 0.224 e. The van der Waals surface area contributed by atoms with Crippen molar-refractivity contribution in [1.29, 1.82) is 0 Å². The summed E-state index contributed by atoms with van der Waals surface area (Å²) in [7, 11) is 0. The maximum absolute atomic E-state index is 12.7. The van der Waals surface area contributed by atoms with Crippen LogP contribution in [0.5, 0.6) is 0 Å². The van der Waals surface area contributed by atoms with Gasteiger partial charge in [-0.15, -0.1) is 12.4 Å². The van der Waals surface area contributed by atoms with Crippen LogP contribution in [-0.2, 0) is 16.6 Å². The highest BCUT2D eigenvalue weighted by molar-refractivity contribution is 5.85. The number of nitrogens with one attached hydrogen (secondary N) is 2. The first kappa shape index (κ1) is 15.8. The second-order valence-corrected chi connectivity index (χ2v) is 7.07. The Morgan fingerprint density at radius 2 is 2.18 bits per heavy atom. The van der Waals surface area contributed by atoms with Crippen molar-refractivity contribution in [2.45, 2.75) is 56.5 Å². The second-order valence-electron chi connectivity index (χ2n) is 7.07. The van der Waals surface area contributed by atoms with Crippen LogP contribution in [0.1, 0.15) is 43.7 Å². The molecule has 1 saturated heterocycles. The van der Waals surface area contributed by atoms with Crippen LogP contribution < -0.4 is 10.6 Å². The lowest BCUT2D eigenvalue weighted by atomic mass is 9.94. The van der Waals surface area contributed by atoms with Gasteiger partial charge in [0.05, 0.1) is 0 Å². The molecule has 4 rings (SSSR count). The highest BCUT2D eigenvalue weighted by atomic mass is 35.5. The van der Waals surface area contributed by atoms with Crippen LogP contribution in [0.3, 0.4) is 0 Å². The summed E-state index contributed by atoms with van der Waals surface area (Å²) in [6.07, 6.45) is 5.61. The van der Waals surface area contributed by atoms with E-state index in [2.05, 4.69) is 41.8 Å². The number of rotatable bonds is 2. The Labute approximate surface area is 138 Å². The molecule has 2 aliphatic carbocycles. The monoisotopic (exact) mass is 320 g/mol. The van der Waals surface area contributed by atoms with Crippen LogP contribution >= 0.6 is 12.4 Å². The molecule has 4 heteroatoms. The molecule has 1 heterocycles. The van der Waals surface area contributed by atoms with E-state index >= 15 is 0 Å². The number of aryl methyl sites for hydroxylation is 1. The standard InChI is InChI=1S/C18H24N2O.ClH/c1-12-16(7-4-10-19-12)20-17(21)15-11-18(15)9-8-13-5-2-3-6-14(13)18;/h2-3,5-6,12,15-16,19H,4,7-11H2,1H3,(H,20,21);1H. The fourth-order valence-corrected chi connectivity index (χ4v) is 4.46. The smallest absolute Gasteiger partial charge is 0.224 e. The van der Waals surface area contributed by atoms with Gasteiger partial charge in [-0.1, -0.05) is 24.3 Å². The van der Waals surface area contributed by atoms with E-state index in [9.17, 15) is 4.79 Å². The third kappa shape index (κ3) is 2.44. The highest BCUT2D eigenvalue weighted by Crippen LogP contribution is 2.61. The normalized spacial score (nSPS) is 35.6. The minimum Gasteiger partial charge on any atom is -0.352 e. The van der Waals surface area contributed by atoms with Crippen molar-refractivity contribution in [2.24, 2.45) is 5.92 Å². The number of hydrogen-bond donors (Lipinski definition) is 2. The van der Waals surface area contributed by atoms with Gasteiger partial charge < -0.3 is 10.6 Å². The van der Waals surface area contributed by atoms with E-state index in [1.54, 1.807) is 0 Å². The molecule has 0 aromatic heterocycles. The lowest BCUT2D eigenvalue weighted by molar-refractivity contribution is -0.123. The predicted octanol–water partition coefficient (Wildman–Crippen LogP) is 2.57. The van der Waals surface area contributed by atoms with Crippen molar-refractivity contribution in [2.75, 3.05) is 6.54 Å². The van der Waals surface area contributed by atoms with Crippen molar-refractivity contribution < 1.29 is 4.79 Å². The van der Waals surface area contributed by atoms with E-state index in [4.69, 9.17) is 0 Å². The van der Waals surface area contributed by atoms with E-state index in [1.165, 1.54) is 11.1 Å². The fraction of sp³-hybridized carbons (Fsp3) is 0.611. The zero-order chi connectivity index (χ0) is 14.4. The summed E-state index contributed by atoms with van der Waals surface area (Å²) in [5.74, 6) is 0.488. The van der Waals surface area contributed by atoms with Crippen molar-refractivity contribution >= 4 is 18.3 Å². The largest absolute Gasteiger partial charge is 0.352 e.